The van der Waals surface area contributed by atoms with Crippen molar-refractivity contribution in [3.63, 3.8) is 0 Å². The molecule has 0 aliphatic heterocycles. The molecule has 0 aromatic carbocycles. The summed E-state index contributed by atoms with van der Waals surface area (Å²) in [6, 6.07) is 0. The summed E-state index contributed by atoms with van der Waals surface area (Å²) in [5.74, 6) is 0.350. The Balaban J connectivity index is 4.35. The van der Waals surface area contributed by atoms with E-state index in [1.54, 1.807) is 0 Å². The molecule has 0 aliphatic carbocycles. The first-order valence-electron chi connectivity index (χ1n) is 8.29. The van der Waals surface area contributed by atoms with Crippen LogP contribution in [-0.2, 0) is 4.79 Å². The first kappa shape index (κ1) is 18.5. The average Bonchev–Trinajstić information content (AvgIpc) is 2.40. The van der Waals surface area contributed by atoms with Gasteiger partial charge in [0.25, 0.3) is 0 Å². The lowest BCUT2D eigenvalue weighted by Gasteiger charge is -2.31. The molecule has 0 fully saturated rings. The Bertz CT molecular complexity index is 235. The fourth-order valence-electron chi connectivity index (χ4n) is 2.18. The largest absolute Gasteiger partial charge is 0.342 e. The van der Waals surface area contributed by atoms with Crippen LogP contribution in [0.5, 0.6) is 0 Å². The van der Waals surface area contributed by atoms with Crippen molar-refractivity contribution in [1.82, 2.24) is 4.90 Å². The van der Waals surface area contributed by atoms with E-state index in [9.17, 15) is 4.79 Å². The molecule has 0 heterocycles. The maximum atomic E-state index is 12.6. The van der Waals surface area contributed by atoms with Gasteiger partial charge in [-0.2, -0.15) is 0 Å². The van der Waals surface area contributed by atoms with Crippen LogP contribution in [0.15, 0.2) is 0 Å². The quantitative estimate of drug-likeness (QED) is 0.482. The highest BCUT2D eigenvalue weighted by Gasteiger charge is 2.29. The highest BCUT2D eigenvalue weighted by atomic mass is 16.2. The molecule has 0 unspecified atom stereocenters. The minimum absolute atomic E-state index is 0.197. The molecule has 0 saturated heterocycles. The van der Waals surface area contributed by atoms with Gasteiger partial charge in [0.15, 0.2) is 0 Å². The van der Waals surface area contributed by atoms with Crippen molar-refractivity contribution in [3.8, 4) is 0 Å². The molecule has 0 spiro atoms. The number of amides is 1. The zero-order chi connectivity index (χ0) is 14.7. The summed E-state index contributed by atoms with van der Waals surface area (Å²) in [5.41, 5.74) is -0.197. The summed E-state index contributed by atoms with van der Waals surface area (Å²) in [7, 11) is 0. The first-order chi connectivity index (χ1) is 8.99. The lowest BCUT2D eigenvalue weighted by Crippen LogP contribution is -2.41. The van der Waals surface area contributed by atoms with Gasteiger partial charge in [0.2, 0.25) is 5.91 Å². The highest BCUT2D eigenvalue weighted by molar-refractivity contribution is 5.81. The van der Waals surface area contributed by atoms with Gasteiger partial charge < -0.3 is 4.90 Å². The SMILES string of the molecule is CCCCCCN(CCCCC)C(=O)C(C)(C)CC. The molecule has 0 bridgehead atoms. The molecule has 2 nitrogen and oxygen atoms in total. The van der Waals surface area contributed by atoms with Gasteiger partial charge in [-0.15, -0.1) is 0 Å². The number of carbonyl (C=O) groups is 1. The molecule has 0 radical (unpaired) electrons. The van der Waals surface area contributed by atoms with Gasteiger partial charge in [-0.05, 0) is 19.3 Å². The van der Waals surface area contributed by atoms with Crippen LogP contribution in [0.3, 0.4) is 0 Å². The van der Waals surface area contributed by atoms with Crippen LogP contribution >= 0.6 is 0 Å². The Morgan fingerprint density at radius 2 is 1.32 bits per heavy atom. The molecule has 1 amide bonds. The van der Waals surface area contributed by atoms with Gasteiger partial charge in [-0.3, -0.25) is 4.79 Å². The molecule has 0 N–H and O–H groups in total. The van der Waals surface area contributed by atoms with Crippen LogP contribution in [0.2, 0.25) is 0 Å². The van der Waals surface area contributed by atoms with E-state index in [-0.39, 0.29) is 5.41 Å². The Hall–Kier alpha value is -0.530. The van der Waals surface area contributed by atoms with Crippen molar-refractivity contribution >= 4 is 5.91 Å². The summed E-state index contributed by atoms with van der Waals surface area (Å²) in [6.45, 7) is 12.6. The van der Waals surface area contributed by atoms with E-state index in [1.807, 2.05) is 0 Å². The molecule has 114 valence electrons. The third-order valence-corrected chi connectivity index (χ3v) is 4.06. The van der Waals surface area contributed by atoms with Crippen molar-refractivity contribution < 1.29 is 4.79 Å². The average molecular weight is 269 g/mol. The van der Waals surface area contributed by atoms with E-state index in [4.69, 9.17) is 0 Å². The molecule has 19 heavy (non-hydrogen) atoms. The molecular formula is C17H35NO. The van der Waals surface area contributed by atoms with Crippen molar-refractivity contribution in [1.29, 1.82) is 0 Å². The molecule has 0 aromatic heterocycles. The maximum absolute atomic E-state index is 12.6. The summed E-state index contributed by atoms with van der Waals surface area (Å²) in [5, 5.41) is 0. The van der Waals surface area contributed by atoms with Gasteiger partial charge in [-0.25, -0.2) is 0 Å². The fourth-order valence-corrected chi connectivity index (χ4v) is 2.18. The van der Waals surface area contributed by atoms with Gasteiger partial charge in [0.1, 0.15) is 0 Å². The smallest absolute Gasteiger partial charge is 0.228 e. The molecule has 0 aliphatic rings. The molecule has 2 heteroatoms. The number of nitrogens with zero attached hydrogens (tertiary/aromatic N) is 1. The lowest BCUT2D eigenvalue weighted by atomic mass is 9.88. The third kappa shape index (κ3) is 7.59. The van der Waals surface area contributed by atoms with Crippen molar-refractivity contribution in [2.75, 3.05) is 13.1 Å². The summed E-state index contributed by atoms with van der Waals surface area (Å²) in [4.78, 5) is 14.7. The maximum Gasteiger partial charge on any atom is 0.228 e. The summed E-state index contributed by atoms with van der Waals surface area (Å²) >= 11 is 0. The molecule has 0 atom stereocenters. The lowest BCUT2D eigenvalue weighted by molar-refractivity contribution is -0.140. The first-order valence-corrected chi connectivity index (χ1v) is 8.29. The number of unbranched alkanes of at least 4 members (excludes halogenated alkanes) is 5. The topological polar surface area (TPSA) is 20.3 Å². The third-order valence-electron chi connectivity index (χ3n) is 4.06. The standard InChI is InChI=1S/C17H35NO/c1-6-9-11-13-15-18(14-12-10-7-2)16(19)17(4,5)8-3/h6-15H2,1-5H3. The number of carbonyl (C=O) groups excluding carboxylic acids is 1. The van der Waals surface area contributed by atoms with Crippen molar-refractivity contribution in [3.05, 3.63) is 0 Å². The Kier molecular flexibility index (Phi) is 9.99. The van der Waals surface area contributed by atoms with Gasteiger partial charge >= 0.3 is 0 Å². The van der Waals surface area contributed by atoms with E-state index in [0.717, 1.165) is 32.4 Å². The number of hydrogen-bond acceptors (Lipinski definition) is 1. The minimum atomic E-state index is -0.197. The van der Waals surface area contributed by atoms with Crippen LogP contribution < -0.4 is 0 Å². The van der Waals surface area contributed by atoms with E-state index in [0.29, 0.717) is 5.91 Å². The van der Waals surface area contributed by atoms with E-state index >= 15 is 0 Å². The Morgan fingerprint density at radius 3 is 1.79 bits per heavy atom. The van der Waals surface area contributed by atoms with Gasteiger partial charge in [0.05, 0.1) is 0 Å². The zero-order valence-electron chi connectivity index (χ0n) is 13.9. The zero-order valence-corrected chi connectivity index (χ0v) is 13.9. The second-order valence-electron chi connectivity index (χ2n) is 6.30. The number of hydrogen-bond donors (Lipinski definition) is 0. The highest BCUT2D eigenvalue weighted by Crippen LogP contribution is 2.23. The van der Waals surface area contributed by atoms with Crippen LogP contribution in [0.25, 0.3) is 0 Å². The Morgan fingerprint density at radius 1 is 0.842 bits per heavy atom. The monoisotopic (exact) mass is 269 g/mol. The minimum Gasteiger partial charge on any atom is -0.342 e. The van der Waals surface area contributed by atoms with E-state index < -0.39 is 0 Å². The van der Waals surface area contributed by atoms with Crippen LogP contribution in [0.1, 0.15) is 86.0 Å². The normalized spacial score (nSPS) is 11.6. The molecule has 0 aromatic rings. The summed E-state index contributed by atoms with van der Waals surface area (Å²) in [6.07, 6.45) is 9.46. The predicted molar refractivity (Wildman–Crippen MR) is 84.3 cm³/mol. The molecule has 0 rings (SSSR count). The fraction of sp³-hybridized carbons (Fsp3) is 0.941. The van der Waals surface area contributed by atoms with Crippen LogP contribution in [0, 0.1) is 5.41 Å². The summed E-state index contributed by atoms with van der Waals surface area (Å²) < 4.78 is 0. The van der Waals surface area contributed by atoms with Gasteiger partial charge in [-0.1, -0.05) is 66.7 Å². The van der Waals surface area contributed by atoms with Crippen molar-refractivity contribution in [2.24, 2.45) is 5.41 Å². The Labute approximate surface area is 120 Å². The molecular weight excluding hydrogens is 234 g/mol. The van der Waals surface area contributed by atoms with E-state index in [2.05, 4.69) is 39.5 Å². The van der Waals surface area contributed by atoms with Gasteiger partial charge in [0, 0.05) is 18.5 Å². The van der Waals surface area contributed by atoms with Crippen LogP contribution in [-0.4, -0.2) is 23.9 Å². The van der Waals surface area contributed by atoms with Crippen LogP contribution in [0.4, 0.5) is 0 Å². The van der Waals surface area contributed by atoms with E-state index in [1.165, 1.54) is 32.1 Å². The second kappa shape index (κ2) is 10.3. The van der Waals surface area contributed by atoms with Crippen molar-refractivity contribution in [2.45, 2.75) is 86.0 Å². The second-order valence-corrected chi connectivity index (χ2v) is 6.30. The molecule has 0 saturated carbocycles. The number of rotatable bonds is 11. The predicted octanol–water partition coefficient (Wildman–Crippen LogP) is 5.02.